The number of aromatic amines is 1. The van der Waals surface area contributed by atoms with Gasteiger partial charge in [0.15, 0.2) is 0 Å². The number of rotatable bonds is 3. The third-order valence-electron chi connectivity index (χ3n) is 4.85. The minimum atomic E-state index is -0.266. The van der Waals surface area contributed by atoms with Crippen molar-refractivity contribution in [1.82, 2.24) is 19.7 Å². The Morgan fingerprint density at radius 1 is 1.10 bits per heavy atom. The highest BCUT2D eigenvalue weighted by molar-refractivity contribution is 9.10. The highest BCUT2D eigenvalue weighted by Crippen LogP contribution is 2.35. The number of halogens is 2. The van der Waals surface area contributed by atoms with Gasteiger partial charge in [-0.05, 0) is 49.4 Å². The van der Waals surface area contributed by atoms with Crippen LogP contribution in [0.1, 0.15) is 5.76 Å². The normalized spacial score (nSPS) is 11.3. The first-order valence-corrected chi connectivity index (χ1v) is 10.3. The Hall–Kier alpha value is -3.16. The lowest BCUT2D eigenvalue weighted by atomic mass is 10.1. The molecule has 5 aromatic rings. The van der Waals surface area contributed by atoms with Crippen LogP contribution in [0.5, 0.6) is 0 Å². The number of hydrogen-bond acceptors (Lipinski definition) is 4. The number of benzene rings is 2. The maximum atomic E-state index is 12.5. The second-order valence-electron chi connectivity index (χ2n) is 6.75. The van der Waals surface area contributed by atoms with Gasteiger partial charge in [0.05, 0.1) is 29.0 Å². The second kappa shape index (κ2) is 7.27. The highest BCUT2D eigenvalue weighted by Gasteiger charge is 2.22. The predicted octanol–water partition coefficient (Wildman–Crippen LogP) is 5.76. The van der Waals surface area contributed by atoms with Crippen LogP contribution in [0.15, 0.2) is 74.6 Å². The summed E-state index contributed by atoms with van der Waals surface area (Å²) in [5.41, 5.74) is 3.97. The van der Waals surface area contributed by atoms with Crippen molar-refractivity contribution < 1.29 is 4.42 Å². The Balaban J connectivity index is 1.78. The zero-order chi connectivity index (χ0) is 20.8. The molecule has 6 nitrogen and oxygen atoms in total. The molecule has 148 valence electrons. The highest BCUT2D eigenvalue weighted by atomic mass is 79.9. The fourth-order valence-corrected chi connectivity index (χ4v) is 3.86. The van der Waals surface area contributed by atoms with E-state index in [-0.39, 0.29) is 11.3 Å². The molecule has 2 aromatic carbocycles. The summed E-state index contributed by atoms with van der Waals surface area (Å²) < 4.78 is 8.54. The van der Waals surface area contributed by atoms with Gasteiger partial charge in [0.1, 0.15) is 11.1 Å². The molecule has 0 radical (unpaired) electrons. The Morgan fingerprint density at radius 3 is 2.57 bits per heavy atom. The standard InChI is InChI=1S/C22H14BrClN4O2/c1-12-19(20-21(29)25-11-26-22(20)30-12)17-10-18(13-2-4-14(23)5-3-13)28(27-17)16-8-6-15(24)7-9-16/h2-11H,1H3,(H,25,26,29). The summed E-state index contributed by atoms with van der Waals surface area (Å²) in [5, 5.41) is 5.86. The lowest BCUT2D eigenvalue weighted by Crippen LogP contribution is -2.05. The molecule has 5 rings (SSSR count). The number of nitrogens with one attached hydrogen (secondary N) is 1. The first kappa shape index (κ1) is 18.8. The van der Waals surface area contributed by atoms with Gasteiger partial charge in [0.2, 0.25) is 5.71 Å². The third-order valence-corrected chi connectivity index (χ3v) is 5.63. The molecule has 0 amide bonds. The molecule has 3 aromatic heterocycles. The van der Waals surface area contributed by atoms with Crippen molar-refractivity contribution in [2.75, 3.05) is 0 Å². The van der Waals surface area contributed by atoms with Crippen LogP contribution >= 0.6 is 27.5 Å². The van der Waals surface area contributed by atoms with Crippen LogP contribution in [0.25, 0.3) is 39.3 Å². The lowest BCUT2D eigenvalue weighted by molar-refractivity contribution is 0.568. The third kappa shape index (κ3) is 3.16. The van der Waals surface area contributed by atoms with Crippen molar-refractivity contribution >= 4 is 38.6 Å². The molecule has 0 aliphatic rings. The molecule has 0 atom stereocenters. The molecule has 1 N–H and O–H groups in total. The van der Waals surface area contributed by atoms with E-state index in [1.165, 1.54) is 6.33 Å². The van der Waals surface area contributed by atoms with Gasteiger partial charge in [0.25, 0.3) is 5.56 Å². The second-order valence-corrected chi connectivity index (χ2v) is 8.11. The van der Waals surface area contributed by atoms with Gasteiger partial charge in [-0.3, -0.25) is 4.79 Å². The number of fused-ring (bicyclic) bond motifs is 1. The molecular weight excluding hydrogens is 468 g/mol. The summed E-state index contributed by atoms with van der Waals surface area (Å²) in [6, 6.07) is 17.3. The van der Waals surface area contributed by atoms with E-state index in [9.17, 15) is 4.79 Å². The SMILES string of the molecule is Cc1oc2nc[nH]c(=O)c2c1-c1cc(-c2ccc(Br)cc2)n(-c2ccc(Cl)cc2)n1. The van der Waals surface area contributed by atoms with Gasteiger partial charge in [-0.1, -0.05) is 39.7 Å². The van der Waals surface area contributed by atoms with Crippen molar-refractivity contribution in [3.8, 4) is 28.2 Å². The summed E-state index contributed by atoms with van der Waals surface area (Å²) in [6.07, 6.45) is 1.33. The Kier molecular flexibility index (Phi) is 4.56. The van der Waals surface area contributed by atoms with E-state index in [1.807, 2.05) is 59.3 Å². The van der Waals surface area contributed by atoms with Crippen LogP contribution in [0.3, 0.4) is 0 Å². The monoisotopic (exact) mass is 480 g/mol. The molecule has 30 heavy (non-hydrogen) atoms. The molecule has 0 unspecified atom stereocenters. The number of hydrogen-bond donors (Lipinski definition) is 1. The predicted molar refractivity (Wildman–Crippen MR) is 120 cm³/mol. The number of H-pyrrole nitrogens is 1. The van der Waals surface area contributed by atoms with E-state index in [2.05, 4.69) is 25.9 Å². The topological polar surface area (TPSA) is 76.7 Å². The molecule has 8 heteroatoms. The van der Waals surface area contributed by atoms with Crippen LogP contribution in [0.2, 0.25) is 5.02 Å². The molecule has 0 spiro atoms. The van der Waals surface area contributed by atoms with Gasteiger partial charge in [-0.25, -0.2) is 9.67 Å². The summed E-state index contributed by atoms with van der Waals surface area (Å²) in [6.45, 7) is 1.80. The fourth-order valence-electron chi connectivity index (χ4n) is 3.47. The average molecular weight is 482 g/mol. The quantitative estimate of drug-likeness (QED) is 0.355. The minimum absolute atomic E-state index is 0.266. The first-order chi connectivity index (χ1) is 14.5. The molecule has 0 saturated heterocycles. The number of nitrogens with zero attached hydrogens (tertiary/aromatic N) is 3. The van der Waals surface area contributed by atoms with E-state index < -0.39 is 0 Å². The number of aryl methyl sites for hydroxylation is 1. The van der Waals surface area contributed by atoms with Crippen molar-refractivity contribution in [1.29, 1.82) is 0 Å². The van der Waals surface area contributed by atoms with Gasteiger partial charge >= 0.3 is 0 Å². The van der Waals surface area contributed by atoms with Crippen LogP contribution in [0.4, 0.5) is 0 Å². The van der Waals surface area contributed by atoms with Gasteiger partial charge < -0.3 is 9.40 Å². The smallest absolute Gasteiger partial charge is 0.262 e. The summed E-state index contributed by atoms with van der Waals surface area (Å²) >= 11 is 9.55. The molecular formula is C22H14BrClN4O2. The number of furan rings is 1. The first-order valence-electron chi connectivity index (χ1n) is 9.10. The summed E-state index contributed by atoms with van der Waals surface area (Å²) in [4.78, 5) is 19.2. The zero-order valence-electron chi connectivity index (χ0n) is 15.7. The van der Waals surface area contributed by atoms with Crippen LogP contribution in [-0.2, 0) is 0 Å². The maximum Gasteiger partial charge on any atom is 0.262 e. The molecule has 0 bridgehead atoms. The molecule has 0 aliphatic heterocycles. The molecule has 3 heterocycles. The Bertz CT molecular complexity index is 1370. The van der Waals surface area contributed by atoms with E-state index >= 15 is 0 Å². The van der Waals surface area contributed by atoms with Crippen LogP contribution < -0.4 is 5.56 Å². The lowest BCUT2D eigenvalue weighted by Gasteiger charge is -2.08. The minimum Gasteiger partial charge on any atom is -0.442 e. The van der Waals surface area contributed by atoms with Crippen molar-refractivity contribution in [3.63, 3.8) is 0 Å². The van der Waals surface area contributed by atoms with Crippen molar-refractivity contribution in [2.24, 2.45) is 0 Å². The van der Waals surface area contributed by atoms with Crippen molar-refractivity contribution in [3.05, 3.63) is 86.5 Å². The fraction of sp³-hybridized carbons (Fsp3) is 0.0455. The van der Waals surface area contributed by atoms with Gasteiger partial charge in [-0.2, -0.15) is 5.10 Å². The van der Waals surface area contributed by atoms with Gasteiger partial charge in [0, 0.05) is 15.1 Å². The van der Waals surface area contributed by atoms with E-state index in [4.69, 9.17) is 21.1 Å². The Labute approximate surface area is 184 Å². The summed E-state index contributed by atoms with van der Waals surface area (Å²) in [5.74, 6) is 0.581. The van der Waals surface area contributed by atoms with Crippen molar-refractivity contribution in [2.45, 2.75) is 6.92 Å². The average Bonchev–Trinajstić information content (AvgIpc) is 3.30. The molecule has 0 fully saturated rings. The molecule has 0 saturated carbocycles. The largest absolute Gasteiger partial charge is 0.442 e. The van der Waals surface area contributed by atoms with Crippen LogP contribution in [-0.4, -0.2) is 19.7 Å². The molecule has 0 aliphatic carbocycles. The maximum absolute atomic E-state index is 12.5. The number of aromatic nitrogens is 4. The van der Waals surface area contributed by atoms with E-state index in [0.717, 1.165) is 21.4 Å². The van der Waals surface area contributed by atoms with E-state index in [0.29, 0.717) is 27.4 Å². The van der Waals surface area contributed by atoms with Crippen LogP contribution in [0, 0.1) is 6.92 Å². The van der Waals surface area contributed by atoms with E-state index in [1.54, 1.807) is 6.92 Å². The summed E-state index contributed by atoms with van der Waals surface area (Å²) in [7, 11) is 0. The zero-order valence-corrected chi connectivity index (χ0v) is 18.0. The Morgan fingerprint density at radius 2 is 1.83 bits per heavy atom. The van der Waals surface area contributed by atoms with Gasteiger partial charge in [-0.15, -0.1) is 0 Å².